The number of fused-ring (bicyclic) bond motifs is 1. The SMILES string of the molecule is CCn1cc2ncc(N[C@@H](C)c3cccc(NC(=O)c4ccc(NC)cc4)c3)nc2n1. The molecule has 4 rings (SSSR count). The molecular weight excluding hydrogens is 390 g/mol. The molecule has 1 amide bonds. The number of benzene rings is 2. The third-order valence-electron chi connectivity index (χ3n) is 5.04. The van der Waals surface area contributed by atoms with Crippen LogP contribution in [0.4, 0.5) is 17.2 Å². The Balaban J connectivity index is 1.46. The molecule has 8 heteroatoms. The van der Waals surface area contributed by atoms with E-state index in [1.54, 1.807) is 18.3 Å². The van der Waals surface area contributed by atoms with Gasteiger partial charge in [0.25, 0.3) is 5.91 Å². The van der Waals surface area contributed by atoms with Crippen molar-refractivity contribution in [1.82, 2.24) is 19.7 Å². The molecule has 0 aliphatic rings. The van der Waals surface area contributed by atoms with Gasteiger partial charge in [-0.1, -0.05) is 12.1 Å². The van der Waals surface area contributed by atoms with Gasteiger partial charge >= 0.3 is 0 Å². The van der Waals surface area contributed by atoms with Gasteiger partial charge in [0.2, 0.25) is 5.65 Å². The Morgan fingerprint density at radius 2 is 1.94 bits per heavy atom. The van der Waals surface area contributed by atoms with E-state index in [4.69, 9.17) is 0 Å². The molecule has 1 atom stereocenters. The summed E-state index contributed by atoms with van der Waals surface area (Å²) < 4.78 is 1.82. The van der Waals surface area contributed by atoms with Gasteiger partial charge in [-0.25, -0.2) is 9.97 Å². The van der Waals surface area contributed by atoms with Crippen molar-refractivity contribution in [3.05, 3.63) is 72.1 Å². The average molecular weight is 416 g/mol. The Morgan fingerprint density at radius 1 is 1.13 bits per heavy atom. The lowest BCUT2D eigenvalue weighted by Crippen LogP contribution is -2.13. The molecule has 0 fully saturated rings. The molecule has 0 spiro atoms. The van der Waals surface area contributed by atoms with Crippen molar-refractivity contribution < 1.29 is 4.79 Å². The van der Waals surface area contributed by atoms with Crippen LogP contribution in [-0.2, 0) is 6.54 Å². The molecule has 0 aliphatic heterocycles. The molecule has 0 saturated carbocycles. The van der Waals surface area contributed by atoms with E-state index >= 15 is 0 Å². The number of aryl methyl sites for hydroxylation is 1. The van der Waals surface area contributed by atoms with E-state index in [0.717, 1.165) is 29.0 Å². The fourth-order valence-electron chi connectivity index (χ4n) is 3.26. The fourth-order valence-corrected chi connectivity index (χ4v) is 3.26. The monoisotopic (exact) mass is 415 g/mol. The van der Waals surface area contributed by atoms with E-state index in [1.807, 2.05) is 68.2 Å². The van der Waals surface area contributed by atoms with E-state index in [9.17, 15) is 4.79 Å². The Kier molecular flexibility index (Phi) is 5.79. The van der Waals surface area contributed by atoms with Crippen LogP contribution in [0.5, 0.6) is 0 Å². The molecule has 0 saturated heterocycles. The molecule has 8 nitrogen and oxygen atoms in total. The molecule has 2 aromatic heterocycles. The molecule has 4 aromatic rings. The number of aromatic nitrogens is 4. The third-order valence-corrected chi connectivity index (χ3v) is 5.04. The second kappa shape index (κ2) is 8.83. The first-order valence-electron chi connectivity index (χ1n) is 10.2. The summed E-state index contributed by atoms with van der Waals surface area (Å²) in [6, 6.07) is 15.1. The van der Waals surface area contributed by atoms with Gasteiger partial charge in [-0.2, -0.15) is 5.10 Å². The maximum Gasteiger partial charge on any atom is 0.255 e. The van der Waals surface area contributed by atoms with Crippen LogP contribution < -0.4 is 16.0 Å². The maximum atomic E-state index is 12.6. The molecule has 2 aromatic carbocycles. The molecule has 2 heterocycles. The number of rotatable bonds is 7. The highest BCUT2D eigenvalue weighted by atomic mass is 16.1. The van der Waals surface area contributed by atoms with Gasteiger partial charge in [0, 0.05) is 30.5 Å². The van der Waals surface area contributed by atoms with E-state index in [1.165, 1.54) is 0 Å². The summed E-state index contributed by atoms with van der Waals surface area (Å²) >= 11 is 0. The van der Waals surface area contributed by atoms with Crippen LogP contribution in [0.2, 0.25) is 0 Å². The minimum absolute atomic E-state index is 0.0354. The van der Waals surface area contributed by atoms with Crippen molar-refractivity contribution in [3.63, 3.8) is 0 Å². The molecule has 0 radical (unpaired) electrons. The van der Waals surface area contributed by atoms with Gasteiger partial charge in [0.1, 0.15) is 11.3 Å². The van der Waals surface area contributed by atoms with Crippen LogP contribution in [0.15, 0.2) is 60.9 Å². The first-order valence-corrected chi connectivity index (χ1v) is 10.2. The number of hydrogen-bond donors (Lipinski definition) is 3. The summed E-state index contributed by atoms with van der Waals surface area (Å²) in [6.45, 7) is 4.83. The van der Waals surface area contributed by atoms with Gasteiger partial charge in [0.15, 0.2) is 0 Å². The van der Waals surface area contributed by atoms with Crippen molar-refractivity contribution in [2.24, 2.45) is 0 Å². The predicted molar refractivity (Wildman–Crippen MR) is 123 cm³/mol. The van der Waals surface area contributed by atoms with E-state index in [0.29, 0.717) is 17.0 Å². The normalized spacial score (nSPS) is 11.8. The van der Waals surface area contributed by atoms with E-state index < -0.39 is 0 Å². The summed E-state index contributed by atoms with van der Waals surface area (Å²) in [5, 5.41) is 13.8. The molecule has 0 aliphatic carbocycles. The lowest BCUT2D eigenvalue weighted by Gasteiger charge is -2.16. The Morgan fingerprint density at radius 3 is 2.68 bits per heavy atom. The topological polar surface area (TPSA) is 96.8 Å². The van der Waals surface area contributed by atoms with Crippen molar-refractivity contribution >= 4 is 34.3 Å². The number of hydrogen-bond acceptors (Lipinski definition) is 6. The number of amides is 1. The van der Waals surface area contributed by atoms with Gasteiger partial charge < -0.3 is 16.0 Å². The maximum absolute atomic E-state index is 12.6. The van der Waals surface area contributed by atoms with Crippen LogP contribution in [0, 0.1) is 0 Å². The van der Waals surface area contributed by atoms with Crippen LogP contribution in [-0.4, -0.2) is 32.7 Å². The summed E-state index contributed by atoms with van der Waals surface area (Å²) in [5.74, 6) is 0.503. The summed E-state index contributed by atoms with van der Waals surface area (Å²) in [5.41, 5.74) is 4.70. The Bertz CT molecular complexity index is 1200. The highest BCUT2D eigenvalue weighted by molar-refractivity contribution is 6.04. The second-order valence-electron chi connectivity index (χ2n) is 7.22. The number of anilines is 3. The predicted octanol–water partition coefficient (Wildman–Crippen LogP) is 4.31. The van der Waals surface area contributed by atoms with Crippen LogP contribution in [0.1, 0.15) is 35.8 Å². The zero-order valence-electron chi connectivity index (χ0n) is 17.8. The van der Waals surface area contributed by atoms with Gasteiger partial charge in [-0.05, 0) is 55.8 Å². The lowest BCUT2D eigenvalue weighted by molar-refractivity contribution is 0.102. The third kappa shape index (κ3) is 4.63. The number of carbonyl (C=O) groups excluding carboxylic acids is 1. The zero-order valence-corrected chi connectivity index (χ0v) is 17.8. The number of nitrogens with zero attached hydrogens (tertiary/aromatic N) is 4. The average Bonchev–Trinajstić information content (AvgIpc) is 3.22. The van der Waals surface area contributed by atoms with Crippen LogP contribution in [0.25, 0.3) is 11.2 Å². The van der Waals surface area contributed by atoms with Crippen LogP contribution >= 0.6 is 0 Å². The largest absolute Gasteiger partial charge is 0.388 e. The van der Waals surface area contributed by atoms with Gasteiger partial charge in [-0.3, -0.25) is 9.48 Å². The zero-order chi connectivity index (χ0) is 21.8. The van der Waals surface area contributed by atoms with Crippen molar-refractivity contribution in [3.8, 4) is 0 Å². The fraction of sp³-hybridized carbons (Fsp3) is 0.217. The lowest BCUT2D eigenvalue weighted by atomic mass is 10.1. The Labute approximate surface area is 180 Å². The molecule has 0 unspecified atom stereocenters. The van der Waals surface area contributed by atoms with E-state index in [2.05, 4.69) is 31.0 Å². The van der Waals surface area contributed by atoms with Crippen LogP contribution in [0.3, 0.4) is 0 Å². The molecule has 3 N–H and O–H groups in total. The van der Waals surface area contributed by atoms with Crippen molar-refractivity contribution in [2.75, 3.05) is 23.0 Å². The van der Waals surface area contributed by atoms with Gasteiger partial charge in [0.05, 0.1) is 18.4 Å². The standard InChI is InChI=1S/C23H25N7O/c1-4-30-14-20-22(29-30)28-21(13-25-20)26-15(2)17-6-5-7-19(12-17)27-23(31)16-8-10-18(24-3)11-9-16/h5-15,24H,4H2,1-3H3,(H,27,31)(H,26,28,29)/t15-/m0/s1. The van der Waals surface area contributed by atoms with Gasteiger partial charge in [-0.15, -0.1) is 0 Å². The van der Waals surface area contributed by atoms with Crippen molar-refractivity contribution in [2.45, 2.75) is 26.4 Å². The smallest absolute Gasteiger partial charge is 0.255 e. The molecule has 158 valence electrons. The van der Waals surface area contributed by atoms with E-state index in [-0.39, 0.29) is 11.9 Å². The summed E-state index contributed by atoms with van der Waals surface area (Å²) in [7, 11) is 1.84. The highest BCUT2D eigenvalue weighted by Crippen LogP contribution is 2.22. The molecule has 31 heavy (non-hydrogen) atoms. The summed E-state index contributed by atoms with van der Waals surface area (Å²) in [4.78, 5) is 21.5. The minimum atomic E-state index is -0.150. The number of carbonyl (C=O) groups is 1. The second-order valence-corrected chi connectivity index (χ2v) is 7.22. The Hall–Kier alpha value is -3.94. The van der Waals surface area contributed by atoms with Crippen molar-refractivity contribution in [1.29, 1.82) is 0 Å². The molecular formula is C23H25N7O. The first kappa shape index (κ1) is 20.3. The quantitative estimate of drug-likeness (QED) is 0.416. The summed E-state index contributed by atoms with van der Waals surface area (Å²) in [6.07, 6.45) is 3.59. The minimum Gasteiger partial charge on any atom is -0.388 e. The molecule has 0 bridgehead atoms. The number of nitrogens with one attached hydrogen (secondary N) is 3. The first-order chi connectivity index (χ1) is 15.1. The highest BCUT2D eigenvalue weighted by Gasteiger charge is 2.11.